The molecule has 0 atom stereocenters. The highest BCUT2D eigenvalue weighted by Gasteiger charge is 2.10. The predicted molar refractivity (Wildman–Crippen MR) is 56.0 cm³/mol. The molecule has 0 aliphatic heterocycles. The van der Waals surface area contributed by atoms with E-state index >= 15 is 0 Å². The summed E-state index contributed by atoms with van der Waals surface area (Å²) in [4.78, 5) is 4.18. The van der Waals surface area contributed by atoms with E-state index in [1.165, 1.54) is 12.1 Å². The first kappa shape index (κ1) is 8.90. The fourth-order valence-corrected chi connectivity index (χ4v) is 1.46. The lowest BCUT2D eigenvalue weighted by Gasteiger charge is -1.85. The van der Waals surface area contributed by atoms with Gasteiger partial charge < -0.3 is 10.2 Å². The van der Waals surface area contributed by atoms with Gasteiger partial charge >= 0.3 is 0 Å². The van der Waals surface area contributed by atoms with Gasteiger partial charge in [0.1, 0.15) is 22.8 Å². The molecule has 0 saturated heterocycles. The Bertz CT molecular complexity index is 658. The summed E-state index contributed by atoms with van der Waals surface area (Å²) in [5, 5.41) is 6.43. The largest absolute Gasteiger partial charge is 0.435 e. The Hall–Kier alpha value is -2.37. The SMILES string of the molecule is Nc1cc(-c2nc3ccc(F)cc3o2)[nH]n1. The molecule has 16 heavy (non-hydrogen) atoms. The van der Waals surface area contributed by atoms with Crippen molar-refractivity contribution in [3.8, 4) is 11.6 Å². The Morgan fingerprint density at radius 1 is 1.31 bits per heavy atom. The van der Waals surface area contributed by atoms with Crippen LogP contribution in [-0.2, 0) is 0 Å². The number of aromatic nitrogens is 3. The van der Waals surface area contributed by atoms with Gasteiger partial charge in [-0.15, -0.1) is 0 Å². The molecule has 1 aromatic carbocycles. The van der Waals surface area contributed by atoms with E-state index in [0.717, 1.165) is 0 Å². The van der Waals surface area contributed by atoms with E-state index in [4.69, 9.17) is 10.2 Å². The van der Waals surface area contributed by atoms with Crippen molar-refractivity contribution in [2.75, 3.05) is 5.73 Å². The first-order valence-electron chi connectivity index (χ1n) is 4.60. The summed E-state index contributed by atoms with van der Waals surface area (Å²) >= 11 is 0. The number of halogens is 1. The van der Waals surface area contributed by atoms with Gasteiger partial charge in [0.2, 0.25) is 5.89 Å². The zero-order chi connectivity index (χ0) is 11.1. The van der Waals surface area contributed by atoms with Gasteiger partial charge in [0.15, 0.2) is 5.58 Å². The fourth-order valence-electron chi connectivity index (χ4n) is 1.46. The van der Waals surface area contributed by atoms with Crippen LogP contribution < -0.4 is 5.73 Å². The van der Waals surface area contributed by atoms with Crippen LogP contribution in [0.1, 0.15) is 0 Å². The van der Waals surface area contributed by atoms with Gasteiger partial charge in [-0.2, -0.15) is 5.10 Å². The first-order chi connectivity index (χ1) is 7.72. The summed E-state index contributed by atoms with van der Waals surface area (Å²) in [6.45, 7) is 0. The third-order valence-electron chi connectivity index (χ3n) is 2.18. The van der Waals surface area contributed by atoms with Gasteiger partial charge in [-0.25, -0.2) is 9.37 Å². The van der Waals surface area contributed by atoms with Crippen molar-refractivity contribution in [2.45, 2.75) is 0 Å². The Morgan fingerprint density at radius 3 is 2.94 bits per heavy atom. The number of anilines is 1. The number of nitrogen functional groups attached to an aromatic ring is 1. The second kappa shape index (κ2) is 3.06. The molecule has 2 heterocycles. The quantitative estimate of drug-likeness (QED) is 0.654. The molecule has 0 spiro atoms. The molecule has 0 amide bonds. The molecule has 0 fully saturated rings. The number of nitrogens with zero attached hydrogens (tertiary/aromatic N) is 2. The van der Waals surface area contributed by atoms with Crippen molar-refractivity contribution in [2.24, 2.45) is 0 Å². The summed E-state index contributed by atoms with van der Waals surface area (Å²) in [5.41, 5.74) is 7.01. The zero-order valence-electron chi connectivity index (χ0n) is 8.07. The van der Waals surface area contributed by atoms with Crippen LogP contribution in [0.2, 0.25) is 0 Å². The topological polar surface area (TPSA) is 80.7 Å². The normalized spacial score (nSPS) is 11.1. The molecular weight excluding hydrogens is 211 g/mol. The third kappa shape index (κ3) is 1.31. The number of benzene rings is 1. The molecule has 3 aromatic rings. The molecule has 80 valence electrons. The monoisotopic (exact) mass is 218 g/mol. The number of oxazole rings is 1. The van der Waals surface area contributed by atoms with Crippen molar-refractivity contribution in [1.82, 2.24) is 15.2 Å². The summed E-state index contributed by atoms with van der Waals surface area (Å²) in [6.07, 6.45) is 0. The molecule has 0 aliphatic carbocycles. The minimum atomic E-state index is -0.362. The van der Waals surface area contributed by atoms with E-state index in [0.29, 0.717) is 28.5 Å². The van der Waals surface area contributed by atoms with Crippen molar-refractivity contribution in [3.05, 3.63) is 30.1 Å². The maximum atomic E-state index is 12.9. The average Bonchev–Trinajstić information content (AvgIpc) is 2.83. The van der Waals surface area contributed by atoms with E-state index in [1.54, 1.807) is 12.1 Å². The van der Waals surface area contributed by atoms with E-state index in [9.17, 15) is 4.39 Å². The molecule has 0 unspecified atom stereocenters. The molecule has 3 N–H and O–H groups in total. The lowest BCUT2D eigenvalue weighted by atomic mass is 10.3. The Labute approximate surface area is 89.1 Å². The van der Waals surface area contributed by atoms with Crippen molar-refractivity contribution < 1.29 is 8.81 Å². The van der Waals surface area contributed by atoms with Gasteiger partial charge in [0, 0.05) is 12.1 Å². The van der Waals surface area contributed by atoms with E-state index in [1.807, 2.05) is 0 Å². The number of nitrogens with two attached hydrogens (primary N) is 1. The number of hydrogen-bond acceptors (Lipinski definition) is 4. The summed E-state index contributed by atoms with van der Waals surface area (Å²) in [6, 6.07) is 5.76. The molecule has 6 heteroatoms. The number of H-pyrrole nitrogens is 1. The van der Waals surface area contributed by atoms with Crippen LogP contribution >= 0.6 is 0 Å². The molecule has 0 saturated carbocycles. The van der Waals surface area contributed by atoms with Crippen LogP contribution in [-0.4, -0.2) is 15.2 Å². The molecule has 3 rings (SSSR count). The Morgan fingerprint density at radius 2 is 2.19 bits per heavy atom. The van der Waals surface area contributed by atoms with Crippen LogP contribution in [0.3, 0.4) is 0 Å². The summed E-state index contributed by atoms with van der Waals surface area (Å²) in [5.74, 6) is 0.326. The second-order valence-electron chi connectivity index (χ2n) is 3.34. The number of fused-ring (bicyclic) bond motifs is 1. The number of nitrogens with one attached hydrogen (secondary N) is 1. The second-order valence-corrected chi connectivity index (χ2v) is 3.34. The van der Waals surface area contributed by atoms with Crippen LogP contribution in [0.25, 0.3) is 22.7 Å². The van der Waals surface area contributed by atoms with Gasteiger partial charge in [0.25, 0.3) is 0 Å². The first-order valence-corrected chi connectivity index (χ1v) is 4.60. The maximum Gasteiger partial charge on any atom is 0.245 e. The molecule has 0 bridgehead atoms. The standard InChI is InChI=1S/C10H7FN4O/c11-5-1-2-6-8(3-5)16-10(13-6)7-4-9(12)15-14-7/h1-4H,(H3,12,14,15). The molecule has 2 aromatic heterocycles. The van der Waals surface area contributed by atoms with E-state index in [2.05, 4.69) is 15.2 Å². The van der Waals surface area contributed by atoms with Gasteiger partial charge in [-0.05, 0) is 12.1 Å². The zero-order valence-corrected chi connectivity index (χ0v) is 8.07. The van der Waals surface area contributed by atoms with Crippen LogP contribution in [0.4, 0.5) is 10.2 Å². The van der Waals surface area contributed by atoms with Crippen LogP contribution in [0.15, 0.2) is 28.7 Å². The minimum absolute atomic E-state index is 0.338. The summed E-state index contributed by atoms with van der Waals surface area (Å²) < 4.78 is 18.3. The molecule has 5 nitrogen and oxygen atoms in total. The van der Waals surface area contributed by atoms with E-state index in [-0.39, 0.29) is 5.82 Å². The average molecular weight is 218 g/mol. The van der Waals surface area contributed by atoms with Gasteiger partial charge in [0.05, 0.1) is 0 Å². The van der Waals surface area contributed by atoms with Gasteiger partial charge in [-0.1, -0.05) is 0 Å². The van der Waals surface area contributed by atoms with Crippen LogP contribution in [0, 0.1) is 5.82 Å². The van der Waals surface area contributed by atoms with Crippen molar-refractivity contribution >= 4 is 16.9 Å². The highest BCUT2D eigenvalue weighted by molar-refractivity contribution is 5.75. The number of rotatable bonds is 1. The highest BCUT2D eigenvalue weighted by Crippen LogP contribution is 2.23. The Balaban J connectivity index is 2.18. The smallest absolute Gasteiger partial charge is 0.245 e. The Kier molecular flexibility index (Phi) is 1.70. The molecular formula is C10H7FN4O. The van der Waals surface area contributed by atoms with Crippen molar-refractivity contribution in [1.29, 1.82) is 0 Å². The highest BCUT2D eigenvalue weighted by atomic mass is 19.1. The van der Waals surface area contributed by atoms with Crippen LogP contribution in [0.5, 0.6) is 0 Å². The maximum absolute atomic E-state index is 12.9. The number of hydrogen-bond donors (Lipinski definition) is 2. The third-order valence-corrected chi connectivity index (χ3v) is 2.18. The minimum Gasteiger partial charge on any atom is -0.435 e. The van der Waals surface area contributed by atoms with Crippen molar-refractivity contribution in [3.63, 3.8) is 0 Å². The van der Waals surface area contributed by atoms with Gasteiger partial charge in [-0.3, -0.25) is 5.10 Å². The molecule has 0 aliphatic rings. The predicted octanol–water partition coefficient (Wildman–Crippen LogP) is 1.94. The number of aromatic amines is 1. The lowest BCUT2D eigenvalue weighted by molar-refractivity contribution is 0.600. The summed E-state index contributed by atoms with van der Waals surface area (Å²) in [7, 11) is 0. The molecule has 0 radical (unpaired) electrons. The van der Waals surface area contributed by atoms with E-state index < -0.39 is 0 Å². The lowest BCUT2D eigenvalue weighted by Crippen LogP contribution is -1.81. The fraction of sp³-hybridized carbons (Fsp3) is 0.